The highest BCUT2D eigenvalue weighted by atomic mass is 28.4. The molecular weight excluding hydrogens is 144 g/mol. The molecular formula is C7H16O2Si. The smallest absolute Gasteiger partial charge is 0.217 e. The minimum absolute atomic E-state index is 0.201. The lowest BCUT2D eigenvalue weighted by molar-refractivity contribution is 0.188. The maximum atomic E-state index is 9.37. The van der Waals surface area contributed by atoms with Gasteiger partial charge in [-0.1, -0.05) is 6.42 Å². The molecule has 0 radical (unpaired) electrons. The van der Waals surface area contributed by atoms with Gasteiger partial charge in [-0.15, -0.1) is 0 Å². The molecule has 1 heterocycles. The van der Waals surface area contributed by atoms with Gasteiger partial charge in [0.15, 0.2) is 0 Å². The van der Waals surface area contributed by atoms with Gasteiger partial charge in [0.25, 0.3) is 0 Å². The summed E-state index contributed by atoms with van der Waals surface area (Å²) in [5.74, 6) is 0. The van der Waals surface area contributed by atoms with Crippen LogP contribution in [0.2, 0.25) is 12.6 Å². The van der Waals surface area contributed by atoms with Crippen LogP contribution in [0.1, 0.15) is 19.8 Å². The van der Waals surface area contributed by atoms with Crippen LogP contribution >= 0.6 is 0 Å². The molecule has 0 aromatic carbocycles. The summed E-state index contributed by atoms with van der Waals surface area (Å²) < 4.78 is 5.62. The van der Waals surface area contributed by atoms with Crippen LogP contribution in [-0.4, -0.2) is 25.8 Å². The fourth-order valence-electron chi connectivity index (χ4n) is 1.29. The second-order valence-corrected chi connectivity index (χ2v) is 7.54. The molecule has 0 saturated carbocycles. The average molecular weight is 160 g/mol. The number of aliphatic hydroxyl groups excluding tert-OH is 1. The topological polar surface area (TPSA) is 29.5 Å². The molecule has 0 aromatic heterocycles. The van der Waals surface area contributed by atoms with Crippen molar-refractivity contribution in [1.82, 2.24) is 0 Å². The summed E-state index contributed by atoms with van der Waals surface area (Å²) in [7, 11) is -1.66. The average Bonchev–Trinajstić information content (AvgIpc) is 1.89. The van der Waals surface area contributed by atoms with Gasteiger partial charge in [-0.05, 0) is 25.9 Å². The van der Waals surface area contributed by atoms with Crippen molar-refractivity contribution in [3.8, 4) is 0 Å². The Bertz CT molecular complexity index is 108. The maximum absolute atomic E-state index is 9.37. The zero-order valence-electron chi connectivity index (χ0n) is 6.76. The van der Waals surface area contributed by atoms with E-state index in [0.29, 0.717) is 0 Å². The summed E-state index contributed by atoms with van der Waals surface area (Å²) in [4.78, 5) is 0. The van der Waals surface area contributed by atoms with Crippen molar-refractivity contribution in [3.05, 3.63) is 0 Å². The van der Waals surface area contributed by atoms with E-state index in [4.69, 9.17) is 4.43 Å². The molecule has 1 aliphatic rings. The molecule has 2 atom stereocenters. The van der Waals surface area contributed by atoms with Crippen LogP contribution in [-0.2, 0) is 4.43 Å². The van der Waals surface area contributed by atoms with Crippen molar-refractivity contribution in [2.75, 3.05) is 6.61 Å². The zero-order chi connectivity index (χ0) is 7.61. The summed E-state index contributed by atoms with van der Waals surface area (Å²) in [5.41, 5.74) is -0.201. The third-order valence-corrected chi connectivity index (χ3v) is 6.36. The first-order chi connectivity index (χ1) is 4.65. The SMILES string of the molecule is CC(O)[Si]1(C)CCCCO1. The molecule has 2 nitrogen and oxygen atoms in total. The van der Waals surface area contributed by atoms with Crippen molar-refractivity contribution in [3.63, 3.8) is 0 Å². The van der Waals surface area contributed by atoms with Crippen LogP contribution in [0.3, 0.4) is 0 Å². The second kappa shape index (κ2) is 3.03. The standard InChI is InChI=1S/C7H16O2Si/c1-7(8)10(2)6-4-3-5-9-10/h7-8H,3-6H2,1-2H3. The minimum atomic E-state index is -1.66. The van der Waals surface area contributed by atoms with Gasteiger partial charge in [0.1, 0.15) is 0 Å². The molecule has 10 heavy (non-hydrogen) atoms. The normalized spacial score (nSPS) is 37.5. The number of hydrogen-bond acceptors (Lipinski definition) is 2. The maximum Gasteiger partial charge on any atom is 0.217 e. The van der Waals surface area contributed by atoms with Crippen molar-refractivity contribution in [2.45, 2.75) is 38.1 Å². The van der Waals surface area contributed by atoms with Crippen LogP contribution in [0.4, 0.5) is 0 Å². The van der Waals surface area contributed by atoms with E-state index in [2.05, 4.69) is 6.55 Å². The summed E-state index contributed by atoms with van der Waals surface area (Å²) in [5, 5.41) is 9.37. The van der Waals surface area contributed by atoms with Crippen molar-refractivity contribution >= 4 is 8.32 Å². The number of aliphatic hydroxyl groups is 1. The van der Waals surface area contributed by atoms with E-state index in [-0.39, 0.29) is 5.73 Å². The second-order valence-electron chi connectivity index (χ2n) is 3.29. The molecule has 1 fully saturated rings. The van der Waals surface area contributed by atoms with E-state index in [1.54, 1.807) is 0 Å². The van der Waals surface area contributed by atoms with Gasteiger partial charge < -0.3 is 9.53 Å². The first-order valence-electron chi connectivity index (χ1n) is 3.97. The Morgan fingerprint density at radius 2 is 2.20 bits per heavy atom. The van der Waals surface area contributed by atoms with E-state index < -0.39 is 8.32 Å². The third kappa shape index (κ3) is 1.59. The fourth-order valence-corrected chi connectivity index (χ4v) is 3.65. The Morgan fingerprint density at radius 3 is 2.50 bits per heavy atom. The molecule has 0 aromatic rings. The Morgan fingerprint density at radius 1 is 1.50 bits per heavy atom. The van der Waals surface area contributed by atoms with Crippen LogP contribution in [0.15, 0.2) is 0 Å². The Kier molecular flexibility index (Phi) is 2.49. The van der Waals surface area contributed by atoms with Crippen molar-refractivity contribution in [2.24, 2.45) is 0 Å². The molecule has 1 N–H and O–H groups in total. The zero-order valence-corrected chi connectivity index (χ0v) is 7.76. The highest BCUT2D eigenvalue weighted by Crippen LogP contribution is 2.24. The summed E-state index contributed by atoms with van der Waals surface area (Å²) in [6, 6.07) is 1.13. The summed E-state index contributed by atoms with van der Waals surface area (Å²) in [6.07, 6.45) is 2.42. The highest BCUT2D eigenvalue weighted by Gasteiger charge is 2.36. The van der Waals surface area contributed by atoms with Crippen LogP contribution in [0.25, 0.3) is 0 Å². The van der Waals surface area contributed by atoms with Gasteiger partial charge in [0.05, 0.1) is 5.73 Å². The lowest BCUT2D eigenvalue weighted by Gasteiger charge is -2.33. The Labute approximate surface area is 63.3 Å². The predicted molar refractivity (Wildman–Crippen MR) is 43.3 cm³/mol. The van der Waals surface area contributed by atoms with Crippen LogP contribution < -0.4 is 0 Å². The molecule has 1 aliphatic heterocycles. The van der Waals surface area contributed by atoms with E-state index in [1.807, 2.05) is 6.92 Å². The molecule has 1 saturated heterocycles. The van der Waals surface area contributed by atoms with E-state index in [9.17, 15) is 5.11 Å². The lowest BCUT2D eigenvalue weighted by atomic mass is 10.4. The van der Waals surface area contributed by atoms with Gasteiger partial charge in [0, 0.05) is 6.61 Å². The van der Waals surface area contributed by atoms with Crippen LogP contribution in [0.5, 0.6) is 0 Å². The molecule has 1 rings (SSSR count). The summed E-state index contributed by atoms with van der Waals surface area (Å²) >= 11 is 0. The predicted octanol–water partition coefficient (Wildman–Crippen LogP) is 1.29. The molecule has 0 bridgehead atoms. The molecule has 2 unspecified atom stereocenters. The van der Waals surface area contributed by atoms with Crippen molar-refractivity contribution < 1.29 is 9.53 Å². The van der Waals surface area contributed by atoms with E-state index in [1.165, 1.54) is 12.8 Å². The van der Waals surface area contributed by atoms with Gasteiger partial charge in [-0.3, -0.25) is 0 Å². The molecule has 3 heteroatoms. The lowest BCUT2D eigenvalue weighted by Crippen LogP contribution is -2.48. The van der Waals surface area contributed by atoms with Gasteiger partial charge in [0.2, 0.25) is 8.32 Å². The number of rotatable bonds is 1. The first kappa shape index (κ1) is 8.24. The largest absolute Gasteiger partial charge is 0.415 e. The van der Waals surface area contributed by atoms with E-state index >= 15 is 0 Å². The van der Waals surface area contributed by atoms with E-state index in [0.717, 1.165) is 12.7 Å². The minimum Gasteiger partial charge on any atom is -0.415 e. The van der Waals surface area contributed by atoms with Gasteiger partial charge in [-0.25, -0.2) is 0 Å². The third-order valence-electron chi connectivity index (χ3n) is 2.38. The fraction of sp³-hybridized carbons (Fsp3) is 1.00. The van der Waals surface area contributed by atoms with Crippen LogP contribution in [0, 0.1) is 0 Å². The molecule has 0 aliphatic carbocycles. The van der Waals surface area contributed by atoms with Gasteiger partial charge >= 0.3 is 0 Å². The number of hydrogen-bond donors (Lipinski definition) is 1. The molecule has 60 valence electrons. The van der Waals surface area contributed by atoms with Gasteiger partial charge in [-0.2, -0.15) is 0 Å². The van der Waals surface area contributed by atoms with Crippen molar-refractivity contribution in [1.29, 1.82) is 0 Å². The first-order valence-corrected chi connectivity index (χ1v) is 6.66. The monoisotopic (exact) mass is 160 g/mol. The Balaban J connectivity index is 2.48. The summed E-state index contributed by atoms with van der Waals surface area (Å²) in [6.45, 7) is 4.85. The molecule has 0 spiro atoms. The quantitative estimate of drug-likeness (QED) is 0.586. The highest BCUT2D eigenvalue weighted by molar-refractivity contribution is 6.73. The molecule has 0 amide bonds. The Hall–Kier alpha value is 0.137.